The lowest BCUT2D eigenvalue weighted by atomic mass is 9.94. The molecule has 0 radical (unpaired) electrons. The van der Waals surface area contributed by atoms with Crippen molar-refractivity contribution in [3.05, 3.63) is 58.5 Å². The van der Waals surface area contributed by atoms with E-state index in [4.69, 9.17) is 4.74 Å². The topological polar surface area (TPSA) is 72.8 Å². The zero-order valence-electron chi connectivity index (χ0n) is 14.4. The van der Waals surface area contributed by atoms with Crippen LogP contribution < -0.4 is 0 Å². The maximum atomic E-state index is 12.4. The van der Waals surface area contributed by atoms with E-state index in [2.05, 4.69) is 46.5 Å². The molecule has 6 heteroatoms. The molecule has 1 N–H and O–H groups in total. The molecule has 1 aliphatic carbocycles. The minimum atomic E-state index is -0.353. The van der Waals surface area contributed by atoms with E-state index in [-0.39, 0.29) is 5.97 Å². The summed E-state index contributed by atoms with van der Waals surface area (Å²) in [7, 11) is 0. The monoisotopic (exact) mass is 336 g/mol. The van der Waals surface area contributed by atoms with Gasteiger partial charge in [0.25, 0.3) is 0 Å². The summed E-state index contributed by atoms with van der Waals surface area (Å²) in [6, 6.07) is 8.35. The van der Waals surface area contributed by atoms with Crippen molar-refractivity contribution in [1.29, 1.82) is 0 Å². The highest BCUT2D eigenvalue weighted by molar-refractivity contribution is 5.92. The number of aromatic amines is 1. The average molecular weight is 336 g/mol. The predicted molar refractivity (Wildman–Crippen MR) is 93.5 cm³/mol. The fourth-order valence-corrected chi connectivity index (χ4v) is 3.34. The number of aryl methyl sites for hydroxylation is 2. The van der Waals surface area contributed by atoms with Crippen LogP contribution >= 0.6 is 0 Å². The molecule has 2 heterocycles. The molecule has 0 bridgehead atoms. The highest BCUT2D eigenvalue weighted by Crippen LogP contribution is 2.35. The van der Waals surface area contributed by atoms with E-state index in [9.17, 15) is 4.79 Å². The zero-order valence-corrected chi connectivity index (χ0v) is 14.4. The van der Waals surface area contributed by atoms with Crippen molar-refractivity contribution < 1.29 is 9.53 Å². The molecule has 0 fully saturated rings. The minimum Gasteiger partial charge on any atom is -0.461 e. The number of hydrogen-bond acceptors (Lipinski definition) is 4. The lowest BCUT2D eigenvalue weighted by molar-refractivity contribution is 0.0517. The van der Waals surface area contributed by atoms with E-state index in [0.717, 1.165) is 40.9 Å². The van der Waals surface area contributed by atoms with Gasteiger partial charge < -0.3 is 4.74 Å². The Morgan fingerprint density at radius 3 is 2.84 bits per heavy atom. The van der Waals surface area contributed by atoms with Crippen LogP contribution in [0.5, 0.6) is 0 Å². The first-order valence-electron chi connectivity index (χ1n) is 8.52. The molecular formula is C19H20N4O2. The Morgan fingerprint density at radius 2 is 2.08 bits per heavy atom. The molecule has 0 atom stereocenters. The number of hydrogen-bond donors (Lipinski definition) is 1. The van der Waals surface area contributed by atoms with E-state index >= 15 is 0 Å². The molecule has 2 aromatic heterocycles. The molecule has 6 nitrogen and oxygen atoms in total. The standard InChI is InChI=1S/C19H20N4O2/c1-3-25-19(24)17-14-8-9-16-15(10-20-21-16)18(14)23(22-17)11-13-6-4-12(2)5-7-13/h4-7,10H,3,8-9,11H2,1-2H3,(H,20,21). The Bertz CT molecular complexity index is 922. The van der Waals surface area contributed by atoms with E-state index in [1.165, 1.54) is 5.56 Å². The number of carbonyl (C=O) groups excluding carboxylic acids is 1. The molecule has 1 aromatic carbocycles. The largest absolute Gasteiger partial charge is 0.461 e. The summed E-state index contributed by atoms with van der Waals surface area (Å²) in [6.45, 7) is 4.82. The highest BCUT2D eigenvalue weighted by atomic mass is 16.5. The second-order valence-corrected chi connectivity index (χ2v) is 6.30. The van der Waals surface area contributed by atoms with Crippen LogP contribution in [0.2, 0.25) is 0 Å². The van der Waals surface area contributed by atoms with Gasteiger partial charge in [-0.25, -0.2) is 4.79 Å². The third-order valence-corrected chi connectivity index (χ3v) is 4.57. The normalized spacial score (nSPS) is 12.6. The second kappa shape index (κ2) is 6.20. The maximum absolute atomic E-state index is 12.4. The number of esters is 1. The van der Waals surface area contributed by atoms with Gasteiger partial charge >= 0.3 is 5.97 Å². The van der Waals surface area contributed by atoms with Crippen LogP contribution in [0.3, 0.4) is 0 Å². The molecule has 0 unspecified atom stereocenters. The van der Waals surface area contributed by atoms with Crippen molar-refractivity contribution >= 4 is 5.97 Å². The van der Waals surface area contributed by atoms with Crippen molar-refractivity contribution in [1.82, 2.24) is 20.0 Å². The van der Waals surface area contributed by atoms with Crippen LogP contribution in [0.25, 0.3) is 11.3 Å². The Morgan fingerprint density at radius 1 is 1.28 bits per heavy atom. The number of rotatable bonds is 4. The van der Waals surface area contributed by atoms with Crippen molar-refractivity contribution in [2.75, 3.05) is 6.61 Å². The van der Waals surface area contributed by atoms with Crippen molar-refractivity contribution in [3.63, 3.8) is 0 Å². The van der Waals surface area contributed by atoms with E-state index in [0.29, 0.717) is 18.8 Å². The fourth-order valence-electron chi connectivity index (χ4n) is 3.34. The lowest BCUT2D eigenvalue weighted by Crippen LogP contribution is -2.10. The third-order valence-electron chi connectivity index (χ3n) is 4.57. The lowest BCUT2D eigenvalue weighted by Gasteiger charge is -2.14. The molecule has 0 saturated heterocycles. The molecule has 128 valence electrons. The van der Waals surface area contributed by atoms with Gasteiger partial charge in [-0.05, 0) is 32.3 Å². The molecule has 0 amide bonds. The number of carbonyl (C=O) groups is 1. The van der Waals surface area contributed by atoms with E-state index in [1.54, 1.807) is 0 Å². The van der Waals surface area contributed by atoms with Gasteiger partial charge in [0.2, 0.25) is 0 Å². The Hall–Kier alpha value is -2.89. The molecular weight excluding hydrogens is 316 g/mol. The Kier molecular flexibility index (Phi) is 3.87. The van der Waals surface area contributed by atoms with Crippen LogP contribution in [-0.2, 0) is 24.1 Å². The molecule has 0 saturated carbocycles. The van der Waals surface area contributed by atoms with Crippen LogP contribution in [0.15, 0.2) is 30.5 Å². The van der Waals surface area contributed by atoms with Crippen molar-refractivity contribution in [3.8, 4) is 11.3 Å². The van der Waals surface area contributed by atoms with Gasteiger partial charge in [0.1, 0.15) is 0 Å². The van der Waals surface area contributed by atoms with Gasteiger partial charge in [-0.1, -0.05) is 29.8 Å². The Labute approximate surface area is 145 Å². The third kappa shape index (κ3) is 2.73. The second-order valence-electron chi connectivity index (χ2n) is 6.30. The van der Waals surface area contributed by atoms with Gasteiger partial charge in [0.05, 0.1) is 25.0 Å². The number of nitrogens with one attached hydrogen (secondary N) is 1. The summed E-state index contributed by atoms with van der Waals surface area (Å²) in [5.74, 6) is -0.353. The summed E-state index contributed by atoms with van der Waals surface area (Å²) in [6.07, 6.45) is 3.40. The van der Waals surface area contributed by atoms with Gasteiger partial charge in [0.15, 0.2) is 5.69 Å². The van der Waals surface area contributed by atoms with Crippen LogP contribution in [0.1, 0.15) is 39.8 Å². The van der Waals surface area contributed by atoms with Crippen molar-refractivity contribution in [2.24, 2.45) is 0 Å². The highest BCUT2D eigenvalue weighted by Gasteiger charge is 2.29. The summed E-state index contributed by atoms with van der Waals surface area (Å²) in [5.41, 5.74) is 6.83. The Balaban J connectivity index is 1.81. The molecule has 4 rings (SSSR count). The van der Waals surface area contributed by atoms with Crippen LogP contribution in [0, 0.1) is 6.92 Å². The number of fused-ring (bicyclic) bond motifs is 3. The van der Waals surface area contributed by atoms with Gasteiger partial charge in [0, 0.05) is 16.8 Å². The smallest absolute Gasteiger partial charge is 0.359 e. The van der Waals surface area contributed by atoms with Crippen LogP contribution in [-0.4, -0.2) is 32.6 Å². The van der Waals surface area contributed by atoms with Gasteiger partial charge in [-0.15, -0.1) is 0 Å². The molecule has 25 heavy (non-hydrogen) atoms. The first kappa shape index (κ1) is 15.6. The van der Waals surface area contributed by atoms with Gasteiger partial charge in [-0.3, -0.25) is 9.78 Å². The number of ether oxygens (including phenoxy) is 1. The average Bonchev–Trinajstić information content (AvgIpc) is 3.21. The molecule has 1 aliphatic rings. The molecule has 0 aliphatic heterocycles. The first-order chi connectivity index (χ1) is 12.2. The maximum Gasteiger partial charge on any atom is 0.359 e. The predicted octanol–water partition coefficient (Wildman–Crippen LogP) is 2.91. The SMILES string of the molecule is CCOC(=O)c1nn(Cc2ccc(C)cc2)c2c1CCc1[nH]ncc1-2. The molecule has 3 aromatic rings. The van der Waals surface area contributed by atoms with E-state index < -0.39 is 0 Å². The van der Waals surface area contributed by atoms with Crippen LogP contribution in [0.4, 0.5) is 0 Å². The number of benzene rings is 1. The fraction of sp³-hybridized carbons (Fsp3) is 0.316. The zero-order chi connectivity index (χ0) is 17.4. The summed E-state index contributed by atoms with van der Waals surface area (Å²) < 4.78 is 7.11. The van der Waals surface area contributed by atoms with Crippen molar-refractivity contribution in [2.45, 2.75) is 33.2 Å². The first-order valence-corrected chi connectivity index (χ1v) is 8.52. The summed E-state index contributed by atoms with van der Waals surface area (Å²) in [5, 5.41) is 11.8. The van der Waals surface area contributed by atoms with E-state index in [1.807, 2.05) is 17.8 Å². The summed E-state index contributed by atoms with van der Waals surface area (Å²) in [4.78, 5) is 12.4. The summed E-state index contributed by atoms with van der Waals surface area (Å²) >= 11 is 0. The quantitative estimate of drug-likeness (QED) is 0.744. The minimum absolute atomic E-state index is 0.343. The number of nitrogens with zero attached hydrogens (tertiary/aromatic N) is 3. The number of H-pyrrole nitrogens is 1. The molecule has 0 spiro atoms. The van der Waals surface area contributed by atoms with Gasteiger partial charge in [-0.2, -0.15) is 10.2 Å². The number of aromatic nitrogens is 4.